The summed E-state index contributed by atoms with van der Waals surface area (Å²) in [7, 11) is 0. The predicted octanol–water partition coefficient (Wildman–Crippen LogP) is 1.16. The number of nitrogens with zero attached hydrogens (tertiary/aromatic N) is 2. The number of thiol groups is 1. The molecule has 0 bridgehead atoms. The molecule has 1 heterocycles. The first-order valence-electron chi connectivity index (χ1n) is 4.07. The van der Waals surface area contributed by atoms with Gasteiger partial charge in [0.15, 0.2) is 0 Å². The zero-order valence-electron chi connectivity index (χ0n) is 8.02. The van der Waals surface area contributed by atoms with Crippen LogP contribution in [-0.4, -0.2) is 15.7 Å². The lowest BCUT2D eigenvalue weighted by Crippen LogP contribution is -2.02. The van der Waals surface area contributed by atoms with E-state index in [1.807, 2.05) is 0 Å². The molecule has 0 fully saturated rings. The Labute approximate surface area is 92.3 Å². The van der Waals surface area contributed by atoms with E-state index in [9.17, 15) is 10.1 Å². The van der Waals surface area contributed by atoms with Gasteiger partial charge in [-0.1, -0.05) is 11.8 Å². The molecule has 78 valence electrons. The fraction of sp³-hybridized carbons (Fsp3) is 0.222. The highest BCUT2D eigenvalue weighted by atomic mass is 32.1. The van der Waals surface area contributed by atoms with Crippen LogP contribution in [0.15, 0.2) is 6.20 Å². The second-order valence-corrected chi connectivity index (χ2v) is 3.06. The summed E-state index contributed by atoms with van der Waals surface area (Å²) in [5, 5.41) is 10.7. The summed E-state index contributed by atoms with van der Waals surface area (Å²) in [5.41, 5.74) is 6.16. The van der Waals surface area contributed by atoms with Crippen LogP contribution in [0.4, 0.5) is 11.5 Å². The fourth-order valence-electron chi connectivity index (χ4n) is 1.10. The number of rotatable bonds is 1. The SMILES string of the molecule is Cc1c(C#CCS)cnc(N)c1[N+](=O)[O-]. The monoisotopic (exact) mass is 223 g/mol. The van der Waals surface area contributed by atoms with Crippen molar-refractivity contribution in [2.24, 2.45) is 0 Å². The summed E-state index contributed by atoms with van der Waals surface area (Å²) in [5.74, 6) is 5.74. The zero-order valence-corrected chi connectivity index (χ0v) is 8.91. The van der Waals surface area contributed by atoms with Crippen molar-refractivity contribution in [3.63, 3.8) is 0 Å². The first kappa shape index (κ1) is 11.3. The molecular formula is C9H9N3O2S. The average molecular weight is 223 g/mol. The number of anilines is 1. The van der Waals surface area contributed by atoms with Crippen molar-refractivity contribution in [1.29, 1.82) is 0 Å². The van der Waals surface area contributed by atoms with E-state index in [1.165, 1.54) is 6.20 Å². The molecule has 0 aliphatic rings. The summed E-state index contributed by atoms with van der Waals surface area (Å²) >= 11 is 3.92. The van der Waals surface area contributed by atoms with Crippen molar-refractivity contribution in [2.75, 3.05) is 11.5 Å². The first-order valence-corrected chi connectivity index (χ1v) is 4.70. The van der Waals surface area contributed by atoms with E-state index in [4.69, 9.17) is 5.73 Å². The fourth-order valence-corrected chi connectivity index (χ4v) is 1.18. The van der Waals surface area contributed by atoms with Gasteiger partial charge in [-0.15, -0.1) is 0 Å². The number of pyridine rings is 1. The summed E-state index contributed by atoms with van der Waals surface area (Å²) in [6, 6.07) is 0. The summed E-state index contributed by atoms with van der Waals surface area (Å²) < 4.78 is 0. The van der Waals surface area contributed by atoms with Crippen molar-refractivity contribution < 1.29 is 4.92 Å². The molecule has 15 heavy (non-hydrogen) atoms. The highest BCUT2D eigenvalue weighted by Gasteiger charge is 2.18. The average Bonchev–Trinajstić information content (AvgIpc) is 2.16. The number of hydrogen-bond acceptors (Lipinski definition) is 5. The Balaban J connectivity index is 3.35. The predicted molar refractivity (Wildman–Crippen MR) is 60.8 cm³/mol. The van der Waals surface area contributed by atoms with Crippen LogP contribution in [0.5, 0.6) is 0 Å². The minimum absolute atomic E-state index is 0.0890. The van der Waals surface area contributed by atoms with Crippen LogP contribution < -0.4 is 5.73 Å². The standard InChI is InChI=1S/C9H9N3O2S/c1-6-7(3-2-4-15)5-11-9(10)8(6)12(13)14/h5,15H,4H2,1H3,(H2,10,11). The van der Waals surface area contributed by atoms with Crippen molar-refractivity contribution in [3.8, 4) is 11.8 Å². The van der Waals surface area contributed by atoms with Gasteiger partial charge in [0.25, 0.3) is 0 Å². The molecule has 0 unspecified atom stereocenters. The molecule has 1 aromatic heterocycles. The Morgan fingerprint density at radius 1 is 1.73 bits per heavy atom. The lowest BCUT2D eigenvalue weighted by Gasteiger charge is -2.01. The maximum Gasteiger partial charge on any atom is 0.315 e. The Hall–Kier alpha value is -1.74. The molecule has 0 saturated heterocycles. The molecule has 6 heteroatoms. The molecule has 0 aliphatic carbocycles. The Morgan fingerprint density at radius 2 is 2.40 bits per heavy atom. The quantitative estimate of drug-likeness (QED) is 0.324. The molecule has 1 aromatic rings. The Morgan fingerprint density at radius 3 is 2.93 bits per heavy atom. The number of hydrogen-bond donors (Lipinski definition) is 2. The van der Waals surface area contributed by atoms with E-state index in [2.05, 4.69) is 29.5 Å². The number of nitro groups is 1. The van der Waals surface area contributed by atoms with Gasteiger partial charge in [0.1, 0.15) is 0 Å². The second kappa shape index (κ2) is 4.66. The number of nitrogen functional groups attached to an aromatic ring is 1. The van der Waals surface area contributed by atoms with Crippen LogP contribution in [-0.2, 0) is 0 Å². The topological polar surface area (TPSA) is 82.0 Å². The van der Waals surface area contributed by atoms with Gasteiger partial charge in [0, 0.05) is 11.8 Å². The molecule has 0 aliphatic heterocycles. The molecular weight excluding hydrogens is 214 g/mol. The number of nitrogens with two attached hydrogens (primary N) is 1. The van der Waals surface area contributed by atoms with Gasteiger partial charge in [-0.05, 0) is 6.92 Å². The van der Waals surface area contributed by atoms with Gasteiger partial charge in [-0.2, -0.15) is 12.6 Å². The summed E-state index contributed by atoms with van der Waals surface area (Å²) in [6.07, 6.45) is 1.42. The van der Waals surface area contributed by atoms with Crippen LogP contribution >= 0.6 is 12.6 Å². The summed E-state index contributed by atoms with van der Waals surface area (Å²) in [6.45, 7) is 1.60. The normalized spacial score (nSPS) is 9.20. The smallest absolute Gasteiger partial charge is 0.315 e. The van der Waals surface area contributed by atoms with Gasteiger partial charge in [0.05, 0.1) is 16.2 Å². The summed E-state index contributed by atoms with van der Waals surface area (Å²) in [4.78, 5) is 13.9. The van der Waals surface area contributed by atoms with Gasteiger partial charge < -0.3 is 5.73 Å². The van der Waals surface area contributed by atoms with Gasteiger partial charge in [-0.25, -0.2) is 4.98 Å². The second-order valence-electron chi connectivity index (χ2n) is 2.75. The highest BCUT2D eigenvalue weighted by Crippen LogP contribution is 2.25. The molecule has 0 radical (unpaired) electrons. The lowest BCUT2D eigenvalue weighted by atomic mass is 10.1. The maximum absolute atomic E-state index is 10.7. The van der Waals surface area contributed by atoms with Crippen molar-refractivity contribution >= 4 is 24.1 Å². The van der Waals surface area contributed by atoms with Crippen LogP contribution in [0, 0.1) is 28.9 Å². The van der Waals surface area contributed by atoms with Gasteiger partial charge >= 0.3 is 5.69 Å². The van der Waals surface area contributed by atoms with E-state index in [0.29, 0.717) is 16.9 Å². The molecule has 2 N–H and O–H groups in total. The Kier molecular flexibility index (Phi) is 3.52. The molecule has 0 amide bonds. The molecule has 1 rings (SSSR count). The van der Waals surface area contributed by atoms with Crippen molar-refractivity contribution in [2.45, 2.75) is 6.92 Å². The zero-order chi connectivity index (χ0) is 11.4. The largest absolute Gasteiger partial charge is 0.378 e. The van der Waals surface area contributed by atoms with Gasteiger partial charge in [-0.3, -0.25) is 10.1 Å². The minimum Gasteiger partial charge on any atom is -0.378 e. The number of aromatic nitrogens is 1. The van der Waals surface area contributed by atoms with E-state index in [-0.39, 0.29) is 11.5 Å². The molecule has 5 nitrogen and oxygen atoms in total. The van der Waals surface area contributed by atoms with Crippen molar-refractivity contribution in [1.82, 2.24) is 4.98 Å². The molecule has 0 spiro atoms. The minimum atomic E-state index is -0.552. The van der Waals surface area contributed by atoms with Crippen LogP contribution in [0.3, 0.4) is 0 Å². The molecule has 0 aromatic carbocycles. The lowest BCUT2D eigenvalue weighted by molar-refractivity contribution is -0.384. The van der Waals surface area contributed by atoms with Crippen LogP contribution in [0.25, 0.3) is 0 Å². The van der Waals surface area contributed by atoms with E-state index >= 15 is 0 Å². The van der Waals surface area contributed by atoms with Crippen molar-refractivity contribution in [3.05, 3.63) is 27.4 Å². The first-order chi connectivity index (χ1) is 7.07. The van der Waals surface area contributed by atoms with Crippen LogP contribution in [0.2, 0.25) is 0 Å². The highest BCUT2D eigenvalue weighted by molar-refractivity contribution is 7.80. The molecule has 0 saturated carbocycles. The van der Waals surface area contributed by atoms with E-state index in [0.717, 1.165) is 0 Å². The third kappa shape index (κ3) is 2.39. The van der Waals surface area contributed by atoms with E-state index in [1.54, 1.807) is 6.92 Å². The maximum atomic E-state index is 10.7. The third-order valence-corrected chi connectivity index (χ3v) is 1.98. The Bertz CT molecular complexity index is 462. The van der Waals surface area contributed by atoms with E-state index < -0.39 is 4.92 Å². The van der Waals surface area contributed by atoms with Crippen LogP contribution in [0.1, 0.15) is 11.1 Å². The van der Waals surface area contributed by atoms with Gasteiger partial charge in [0.2, 0.25) is 5.82 Å². The third-order valence-electron chi connectivity index (χ3n) is 1.82. The molecule has 0 atom stereocenters.